The quantitative estimate of drug-likeness (QED) is 0.431. The number of nitrogens with zero attached hydrogens (tertiary/aromatic N) is 2. The van der Waals surface area contributed by atoms with Crippen molar-refractivity contribution in [3.63, 3.8) is 0 Å². The normalized spacial score (nSPS) is 31.1. The molecule has 4 atom stereocenters. The SMILES string of the molecule is CCOC(=O)[C@@]12C[C@H]1/C=C\CCCCC[C@H](C)C(=O)N1CC(=O)C[C@H]1C(=O)N2C(=O)OC(C)(C)C. The molecule has 0 radical (unpaired) electrons. The van der Waals surface area contributed by atoms with Gasteiger partial charge in [0.2, 0.25) is 5.91 Å². The molecule has 2 heterocycles. The van der Waals surface area contributed by atoms with E-state index < -0.39 is 41.1 Å². The van der Waals surface area contributed by atoms with Crippen LogP contribution in [0.15, 0.2) is 12.2 Å². The maximum atomic E-state index is 14.0. The summed E-state index contributed by atoms with van der Waals surface area (Å²) in [6.07, 6.45) is 7.05. The molecule has 9 nitrogen and oxygen atoms in total. The molecular weight excluding hydrogens is 452 g/mol. The third kappa shape index (κ3) is 5.76. The molecule has 0 aromatic heterocycles. The van der Waals surface area contributed by atoms with E-state index in [2.05, 4.69) is 0 Å². The molecule has 2 aliphatic heterocycles. The zero-order valence-corrected chi connectivity index (χ0v) is 21.5. The largest absolute Gasteiger partial charge is 0.464 e. The number of carbonyl (C=O) groups is 5. The Morgan fingerprint density at radius 3 is 2.49 bits per heavy atom. The van der Waals surface area contributed by atoms with Gasteiger partial charge in [0.25, 0.3) is 5.91 Å². The Morgan fingerprint density at radius 1 is 1.11 bits per heavy atom. The second-order valence-corrected chi connectivity index (χ2v) is 10.8. The van der Waals surface area contributed by atoms with E-state index in [1.54, 1.807) is 34.6 Å². The van der Waals surface area contributed by atoms with E-state index in [1.807, 2.05) is 12.2 Å². The first-order chi connectivity index (χ1) is 16.4. The van der Waals surface area contributed by atoms with E-state index in [9.17, 15) is 24.0 Å². The first kappa shape index (κ1) is 26.9. The molecule has 0 N–H and O–H groups in total. The van der Waals surface area contributed by atoms with Crippen LogP contribution in [0.1, 0.15) is 79.6 Å². The number of carbonyl (C=O) groups excluding carboxylic acids is 5. The molecule has 0 aromatic rings. The lowest BCUT2D eigenvalue weighted by molar-refractivity contribution is -0.159. The summed E-state index contributed by atoms with van der Waals surface area (Å²) in [5.74, 6) is -2.79. The molecule has 2 fully saturated rings. The van der Waals surface area contributed by atoms with Gasteiger partial charge in [-0.3, -0.25) is 14.4 Å². The lowest BCUT2D eigenvalue weighted by atomic mass is 10.0. The van der Waals surface area contributed by atoms with Gasteiger partial charge in [-0.05, 0) is 53.4 Å². The number of rotatable bonds is 2. The first-order valence-corrected chi connectivity index (χ1v) is 12.7. The van der Waals surface area contributed by atoms with Gasteiger partial charge < -0.3 is 14.4 Å². The Balaban J connectivity index is 2.09. The van der Waals surface area contributed by atoms with Crippen molar-refractivity contribution in [2.24, 2.45) is 11.8 Å². The minimum atomic E-state index is -1.56. The summed E-state index contributed by atoms with van der Waals surface area (Å²) in [7, 11) is 0. The predicted molar refractivity (Wildman–Crippen MR) is 127 cm³/mol. The zero-order valence-electron chi connectivity index (χ0n) is 21.5. The third-order valence-electron chi connectivity index (χ3n) is 6.82. The van der Waals surface area contributed by atoms with Crippen LogP contribution in [0.3, 0.4) is 0 Å². The number of fused-ring (bicyclic) bond motifs is 2. The van der Waals surface area contributed by atoms with E-state index in [0.717, 1.165) is 30.6 Å². The average molecular weight is 491 g/mol. The van der Waals surface area contributed by atoms with Gasteiger partial charge in [0, 0.05) is 18.3 Å². The number of hydrogen-bond acceptors (Lipinski definition) is 7. The number of hydrogen-bond donors (Lipinski definition) is 0. The van der Waals surface area contributed by atoms with Crippen molar-refractivity contribution >= 4 is 29.7 Å². The zero-order chi connectivity index (χ0) is 26.0. The molecule has 0 spiro atoms. The summed E-state index contributed by atoms with van der Waals surface area (Å²) in [6, 6.07) is -1.16. The van der Waals surface area contributed by atoms with Gasteiger partial charge in [0.1, 0.15) is 11.6 Å². The minimum absolute atomic E-state index is 0.0808. The van der Waals surface area contributed by atoms with Crippen LogP contribution in [-0.4, -0.2) is 69.8 Å². The summed E-state index contributed by atoms with van der Waals surface area (Å²) in [4.78, 5) is 68.5. The van der Waals surface area contributed by atoms with Gasteiger partial charge in [-0.1, -0.05) is 31.9 Å². The van der Waals surface area contributed by atoms with Gasteiger partial charge in [0.05, 0.1) is 13.2 Å². The van der Waals surface area contributed by atoms with Gasteiger partial charge in [-0.25, -0.2) is 14.5 Å². The summed E-state index contributed by atoms with van der Waals surface area (Å²) >= 11 is 0. The molecule has 0 aromatic carbocycles. The molecule has 1 saturated heterocycles. The molecule has 0 unspecified atom stereocenters. The maximum absolute atomic E-state index is 14.0. The summed E-state index contributed by atoms with van der Waals surface area (Å²) in [5.41, 5.74) is -2.49. The van der Waals surface area contributed by atoms with E-state index in [4.69, 9.17) is 9.47 Å². The van der Waals surface area contributed by atoms with E-state index in [0.29, 0.717) is 6.42 Å². The standard InChI is InChI=1S/C26H38N2O7/c1-6-34-23(32)26-15-18(26)13-11-9-7-8-10-12-17(2)21(30)27-16-19(29)14-20(27)22(31)28(26)24(33)35-25(3,4)5/h11,13,17-18,20H,6-10,12,14-16H2,1-5H3/b13-11-/t17-,18+,20-,26+/m0/s1. The van der Waals surface area contributed by atoms with Crippen LogP contribution in [0.5, 0.6) is 0 Å². The van der Waals surface area contributed by atoms with Gasteiger partial charge in [-0.15, -0.1) is 0 Å². The molecule has 194 valence electrons. The molecule has 1 saturated carbocycles. The smallest absolute Gasteiger partial charge is 0.418 e. The summed E-state index contributed by atoms with van der Waals surface area (Å²) in [5, 5.41) is 0. The number of allylic oxidation sites excluding steroid dienone is 1. The van der Waals surface area contributed by atoms with Crippen molar-refractivity contribution < 1.29 is 33.4 Å². The molecule has 3 amide bonds. The molecule has 1 aliphatic carbocycles. The van der Waals surface area contributed by atoms with Crippen LogP contribution in [0, 0.1) is 11.8 Å². The van der Waals surface area contributed by atoms with Gasteiger partial charge in [-0.2, -0.15) is 0 Å². The number of ketones is 1. The highest BCUT2D eigenvalue weighted by Crippen LogP contribution is 2.52. The monoisotopic (exact) mass is 490 g/mol. The van der Waals surface area contributed by atoms with Crippen LogP contribution in [-0.2, 0) is 28.7 Å². The fraction of sp³-hybridized carbons (Fsp3) is 0.731. The molecule has 9 heteroatoms. The van der Waals surface area contributed by atoms with Crippen LogP contribution in [0.2, 0.25) is 0 Å². The lowest BCUT2D eigenvalue weighted by Gasteiger charge is -2.35. The van der Waals surface area contributed by atoms with Crippen LogP contribution in [0.25, 0.3) is 0 Å². The molecule has 0 bridgehead atoms. The van der Waals surface area contributed by atoms with Crippen molar-refractivity contribution in [3.8, 4) is 0 Å². The summed E-state index contributed by atoms with van der Waals surface area (Å²) < 4.78 is 10.9. The van der Waals surface area contributed by atoms with Crippen molar-refractivity contribution in [1.82, 2.24) is 9.80 Å². The third-order valence-corrected chi connectivity index (χ3v) is 6.82. The molecular formula is C26H38N2O7. The van der Waals surface area contributed by atoms with Crippen molar-refractivity contribution in [2.75, 3.05) is 13.2 Å². The highest BCUT2D eigenvalue weighted by Gasteiger charge is 2.69. The number of amides is 3. The van der Waals surface area contributed by atoms with Crippen LogP contribution >= 0.6 is 0 Å². The highest BCUT2D eigenvalue weighted by molar-refractivity contribution is 6.07. The highest BCUT2D eigenvalue weighted by atomic mass is 16.6. The van der Waals surface area contributed by atoms with E-state index in [1.165, 1.54) is 4.90 Å². The lowest BCUT2D eigenvalue weighted by Crippen LogP contribution is -2.59. The van der Waals surface area contributed by atoms with E-state index in [-0.39, 0.29) is 43.6 Å². The van der Waals surface area contributed by atoms with Crippen molar-refractivity contribution in [2.45, 2.75) is 96.7 Å². The molecule has 35 heavy (non-hydrogen) atoms. The number of imide groups is 1. The maximum Gasteiger partial charge on any atom is 0.418 e. The summed E-state index contributed by atoms with van der Waals surface area (Å²) in [6.45, 7) is 8.36. The Bertz CT molecular complexity index is 906. The van der Waals surface area contributed by atoms with Gasteiger partial charge >= 0.3 is 12.1 Å². The fourth-order valence-electron chi connectivity index (χ4n) is 4.95. The Hall–Kier alpha value is -2.71. The molecule has 3 rings (SSSR count). The van der Waals surface area contributed by atoms with Crippen LogP contribution in [0.4, 0.5) is 4.79 Å². The number of ether oxygens (including phenoxy) is 2. The van der Waals surface area contributed by atoms with Crippen molar-refractivity contribution in [3.05, 3.63) is 12.2 Å². The van der Waals surface area contributed by atoms with E-state index >= 15 is 0 Å². The Kier molecular flexibility index (Phi) is 8.07. The fourth-order valence-corrected chi connectivity index (χ4v) is 4.95. The predicted octanol–water partition coefficient (Wildman–Crippen LogP) is 3.40. The second kappa shape index (κ2) is 10.5. The second-order valence-electron chi connectivity index (χ2n) is 10.8. The number of esters is 1. The van der Waals surface area contributed by atoms with Gasteiger partial charge in [0.15, 0.2) is 11.3 Å². The minimum Gasteiger partial charge on any atom is -0.464 e. The first-order valence-electron chi connectivity index (χ1n) is 12.7. The average Bonchev–Trinajstić information content (AvgIpc) is 3.33. The molecule has 3 aliphatic rings. The Morgan fingerprint density at radius 2 is 1.83 bits per heavy atom. The Labute approximate surface area is 207 Å². The van der Waals surface area contributed by atoms with Crippen molar-refractivity contribution in [1.29, 1.82) is 0 Å². The van der Waals surface area contributed by atoms with Crippen LogP contribution < -0.4 is 0 Å². The number of Topliss-reactive ketones (excluding diaryl/α,β-unsaturated/α-hetero) is 1. The topological polar surface area (TPSA) is 110 Å².